The predicted octanol–water partition coefficient (Wildman–Crippen LogP) is 14.2. The summed E-state index contributed by atoms with van der Waals surface area (Å²) >= 11 is 0. The number of carbonyl (C=O) groups excluding carboxylic acids is 4. The molecule has 0 spiro atoms. The summed E-state index contributed by atoms with van der Waals surface area (Å²) in [6.45, 7) is 37.2. The van der Waals surface area contributed by atoms with Gasteiger partial charge < -0.3 is 18.9 Å². The van der Waals surface area contributed by atoms with Crippen molar-refractivity contribution in [2.75, 3.05) is 0 Å². The molecule has 4 rings (SSSR count). The molecular formula is C54H94O8. The van der Waals surface area contributed by atoms with Crippen LogP contribution in [0.3, 0.4) is 0 Å². The van der Waals surface area contributed by atoms with Gasteiger partial charge in [-0.3, -0.25) is 19.2 Å². The van der Waals surface area contributed by atoms with Crippen LogP contribution in [0.1, 0.15) is 253 Å². The molecule has 3 unspecified atom stereocenters. The van der Waals surface area contributed by atoms with E-state index >= 15 is 9.59 Å². The second-order valence-corrected chi connectivity index (χ2v) is 26.8. The number of carbonyl (C=O) groups is 4. The van der Waals surface area contributed by atoms with E-state index in [4.69, 9.17) is 18.9 Å². The van der Waals surface area contributed by atoms with Crippen molar-refractivity contribution in [3.05, 3.63) is 0 Å². The lowest BCUT2D eigenvalue weighted by Gasteiger charge is -2.49. The van der Waals surface area contributed by atoms with Gasteiger partial charge in [-0.2, -0.15) is 0 Å². The van der Waals surface area contributed by atoms with Gasteiger partial charge in [-0.25, -0.2) is 0 Å². The minimum absolute atomic E-state index is 0.0204. The molecule has 0 saturated heterocycles. The standard InChI is InChI=1S/C54H94O8/c1-19-48(16,40(56)60-52(44(5,6)7)30-22-23-31-52)37-50(18,42(58)62-54(46(11,12)13)34-26-27-35-54)38-49(17,41(57)61-53(45(8,9)10)32-24-25-33-53)36-47(14,15)39(55)59-51(43(2,3)4)28-20-21-29-51/h19-38H2,1-18H3. The molecule has 0 aromatic carbocycles. The van der Waals surface area contributed by atoms with Crippen LogP contribution in [0.25, 0.3) is 0 Å². The number of hydrogen-bond acceptors (Lipinski definition) is 8. The molecule has 0 bridgehead atoms. The highest BCUT2D eigenvalue weighted by Crippen LogP contribution is 2.57. The Hall–Kier alpha value is -2.12. The number of rotatable bonds is 15. The summed E-state index contributed by atoms with van der Waals surface area (Å²) in [4.78, 5) is 60.8. The molecule has 4 fully saturated rings. The minimum Gasteiger partial charge on any atom is -0.458 e. The molecule has 8 nitrogen and oxygen atoms in total. The normalized spacial score (nSPS) is 24.4. The van der Waals surface area contributed by atoms with Gasteiger partial charge in [0.05, 0.1) is 21.7 Å². The van der Waals surface area contributed by atoms with Gasteiger partial charge in [-0.1, -0.05) is 90.0 Å². The van der Waals surface area contributed by atoms with Gasteiger partial charge in [0.1, 0.15) is 22.4 Å². The van der Waals surface area contributed by atoms with Crippen LogP contribution in [0.15, 0.2) is 0 Å². The van der Waals surface area contributed by atoms with Crippen molar-refractivity contribution in [2.45, 2.75) is 275 Å². The van der Waals surface area contributed by atoms with Crippen LogP contribution in [0.2, 0.25) is 0 Å². The zero-order valence-corrected chi connectivity index (χ0v) is 43.4. The molecule has 62 heavy (non-hydrogen) atoms. The summed E-state index contributed by atoms with van der Waals surface area (Å²) in [5.74, 6) is -1.47. The van der Waals surface area contributed by atoms with Gasteiger partial charge in [-0.15, -0.1) is 0 Å². The first-order valence-electron chi connectivity index (χ1n) is 25.0. The van der Waals surface area contributed by atoms with E-state index < -0.39 is 56.0 Å². The molecule has 4 aliphatic rings. The number of esters is 4. The highest BCUT2D eigenvalue weighted by atomic mass is 16.6. The summed E-state index contributed by atoms with van der Waals surface area (Å²) in [5, 5.41) is 0. The highest BCUT2D eigenvalue weighted by molar-refractivity contribution is 5.84. The first kappa shape index (κ1) is 52.5. The van der Waals surface area contributed by atoms with Gasteiger partial charge in [0.25, 0.3) is 0 Å². The van der Waals surface area contributed by atoms with E-state index in [1.54, 1.807) is 0 Å². The van der Waals surface area contributed by atoms with Crippen molar-refractivity contribution >= 4 is 23.9 Å². The fraction of sp³-hybridized carbons (Fsp3) is 0.926. The molecule has 0 aliphatic heterocycles. The monoisotopic (exact) mass is 871 g/mol. The van der Waals surface area contributed by atoms with E-state index in [1.165, 1.54) is 0 Å². The number of hydrogen-bond donors (Lipinski definition) is 0. The quantitative estimate of drug-likeness (QED) is 0.118. The van der Waals surface area contributed by atoms with Crippen molar-refractivity contribution in [3.8, 4) is 0 Å². The van der Waals surface area contributed by atoms with Gasteiger partial charge in [0, 0.05) is 21.7 Å². The Bertz CT molecular complexity index is 1600. The molecule has 0 amide bonds. The molecule has 0 heterocycles. The van der Waals surface area contributed by atoms with Crippen LogP contribution < -0.4 is 0 Å². The van der Waals surface area contributed by atoms with Crippen molar-refractivity contribution in [2.24, 2.45) is 43.3 Å². The predicted molar refractivity (Wildman–Crippen MR) is 249 cm³/mol. The smallest absolute Gasteiger partial charge is 0.312 e. The third kappa shape index (κ3) is 10.3. The van der Waals surface area contributed by atoms with Crippen molar-refractivity contribution in [1.29, 1.82) is 0 Å². The van der Waals surface area contributed by atoms with Crippen molar-refractivity contribution in [1.82, 2.24) is 0 Å². The summed E-state index contributed by atoms with van der Waals surface area (Å²) in [7, 11) is 0. The molecule has 3 atom stereocenters. The maximum Gasteiger partial charge on any atom is 0.312 e. The molecular weight excluding hydrogens is 777 g/mol. The van der Waals surface area contributed by atoms with Crippen LogP contribution in [-0.2, 0) is 38.1 Å². The largest absolute Gasteiger partial charge is 0.458 e. The third-order valence-electron chi connectivity index (χ3n) is 17.5. The van der Waals surface area contributed by atoms with Gasteiger partial charge in [0.15, 0.2) is 0 Å². The van der Waals surface area contributed by atoms with Crippen LogP contribution in [0, 0.1) is 43.3 Å². The molecule has 0 aromatic rings. The van der Waals surface area contributed by atoms with Crippen molar-refractivity contribution < 1.29 is 38.1 Å². The lowest BCUT2D eigenvalue weighted by Crippen LogP contribution is -2.54. The maximum atomic E-state index is 15.6. The lowest BCUT2D eigenvalue weighted by atomic mass is 9.61. The van der Waals surface area contributed by atoms with E-state index in [9.17, 15) is 9.59 Å². The van der Waals surface area contributed by atoms with E-state index in [0.29, 0.717) is 6.42 Å². The fourth-order valence-electron chi connectivity index (χ4n) is 12.5. The zero-order chi connectivity index (χ0) is 47.3. The molecule has 8 heteroatoms. The average molecular weight is 871 g/mol. The van der Waals surface area contributed by atoms with Gasteiger partial charge in [-0.05, 0) is 163 Å². The average Bonchev–Trinajstić information content (AvgIpc) is 3.95. The molecule has 358 valence electrons. The number of ether oxygens (including phenoxy) is 4. The molecule has 0 radical (unpaired) electrons. The summed E-state index contributed by atoms with van der Waals surface area (Å²) in [5.41, 5.74) is -8.75. The third-order valence-corrected chi connectivity index (χ3v) is 17.5. The molecule has 4 saturated carbocycles. The summed E-state index contributed by atoms with van der Waals surface area (Å²) < 4.78 is 27.2. The van der Waals surface area contributed by atoms with E-state index in [1.807, 2.05) is 41.5 Å². The van der Waals surface area contributed by atoms with Crippen molar-refractivity contribution in [3.63, 3.8) is 0 Å². The van der Waals surface area contributed by atoms with Crippen LogP contribution in [0.4, 0.5) is 0 Å². The summed E-state index contributed by atoms with van der Waals surface area (Å²) in [6.07, 6.45) is 14.7. The van der Waals surface area contributed by atoms with Gasteiger partial charge in [0.2, 0.25) is 0 Å². The topological polar surface area (TPSA) is 105 Å². The Labute approximate surface area is 379 Å². The van der Waals surface area contributed by atoms with E-state index in [0.717, 1.165) is 103 Å². The van der Waals surface area contributed by atoms with Crippen LogP contribution in [-0.4, -0.2) is 46.3 Å². The zero-order valence-electron chi connectivity index (χ0n) is 43.4. The van der Waals surface area contributed by atoms with Crippen LogP contribution >= 0.6 is 0 Å². The molecule has 0 N–H and O–H groups in total. The van der Waals surface area contributed by atoms with E-state index in [2.05, 4.69) is 83.1 Å². The van der Waals surface area contributed by atoms with Crippen LogP contribution in [0.5, 0.6) is 0 Å². The SMILES string of the molecule is CCC(C)(CC(C)(CC(C)(CC(C)(C)C(=O)OC1(C(C)(C)C)CCCC1)C(=O)OC1(C(C)(C)C)CCCC1)C(=O)OC1(C(C)(C)C)CCCC1)C(=O)OC1(C(C)(C)C)CCCC1. The molecule has 0 aromatic heterocycles. The minimum atomic E-state index is -1.36. The fourth-order valence-corrected chi connectivity index (χ4v) is 12.5. The first-order valence-corrected chi connectivity index (χ1v) is 25.0. The Balaban J connectivity index is 1.88. The van der Waals surface area contributed by atoms with E-state index in [-0.39, 0.29) is 52.9 Å². The lowest BCUT2D eigenvalue weighted by molar-refractivity contribution is -0.200. The summed E-state index contributed by atoms with van der Waals surface area (Å²) in [6, 6.07) is 0. The maximum absolute atomic E-state index is 15.6. The Kier molecular flexibility index (Phi) is 14.9. The van der Waals surface area contributed by atoms with Gasteiger partial charge >= 0.3 is 23.9 Å². The highest BCUT2D eigenvalue weighted by Gasteiger charge is 2.60. The second-order valence-electron chi connectivity index (χ2n) is 26.8. The Morgan fingerprint density at radius 1 is 0.339 bits per heavy atom. The second kappa shape index (κ2) is 17.6. The molecule has 4 aliphatic carbocycles. The first-order chi connectivity index (χ1) is 28.0. The Morgan fingerprint density at radius 2 is 0.548 bits per heavy atom. The Morgan fingerprint density at radius 3 is 0.790 bits per heavy atom.